The van der Waals surface area contributed by atoms with Gasteiger partial charge in [-0.05, 0) is 67.6 Å². The van der Waals surface area contributed by atoms with Crippen molar-refractivity contribution in [2.75, 3.05) is 33.4 Å². The molecule has 1 N–H and O–H groups in total. The van der Waals surface area contributed by atoms with Crippen molar-refractivity contribution >= 4 is 15.9 Å². The van der Waals surface area contributed by atoms with Gasteiger partial charge in [0.1, 0.15) is 18.1 Å². The predicted octanol–water partition coefficient (Wildman–Crippen LogP) is 3.23. The van der Waals surface area contributed by atoms with Crippen molar-refractivity contribution in [3.8, 4) is 11.5 Å². The number of hydrogen-bond donors (Lipinski definition) is 1. The monoisotopic (exact) mass is 446 g/mol. The molecule has 0 aliphatic carbocycles. The fraction of sp³-hybridized carbons (Fsp3) is 0.435. The van der Waals surface area contributed by atoms with Gasteiger partial charge in [-0.15, -0.1) is 0 Å². The minimum absolute atomic E-state index is 0.160. The van der Waals surface area contributed by atoms with Crippen molar-refractivity contribution in [3.63, 3.8) is 0 Å². The minimum atomic E-state index is -3.61. The van der Waals surface area contributed by atoms with E-state index in [0.717, 1.165) is 24.2 Å². The molecule has 1 saturated heterocycles. The molecule has 3 rings (SSSR count). The van der Waals surface area contributed by atoms with Gasteiger partial charge in [-0.2, -0.15) is 4.31 Å². The van der Waals surface area contributed by atoms with Gasteiger partial charge >= 0.3 is 0 Å². The first-order valence-electron chi connectivity index (χ1n) is 10.5. The van der Waals surface area contributed by atoms with Gasteiger partial charge < -0.3 is 14.8 Å². The Morgan fingerprint density at radius 1 is 1.10 bits per heavy atom. The fourth-order valence-corrected chi connectivity index (χ4v) is 4.98. The highest BCUT2D eigenvalue weighted by molar-refractivity contribution is 7.89. The van der Waals surface area contributed by atoms with Crippen molar-refractivity contribution in [3.05, 3.63) is 53.6 Å². The SMILES string of the molecule is COc1ccc(OCCNC(=O)c2cc(S(=O)(=O)N3CCC(C)CC3)ccc2C)cc1. The Hall–Kier alpha value is -2.58. The summed E-state index contributed by atoms with van der Waals surface area (Å²) in [6, 6.07) is 11.9. The summed E-state index contributed by atoms with van der Waals surface area (Å²) < 4.78 is 38.3. The molecule has 0 radical (unpaired) electrons. The topological polar surface area (TPSA) is 84.9 Å². The number of piperidine rings is 1. The molecule has 1 aliphatic heterocycles. The maximum atomic E-state index is 13.0. The molecule has 31 heavy (non-hydrogen) atoms. The van der Waals surface area contributed by atoms with Crippen LogP contribution in [-0.4, -0.2) is 52.0 Å². The molecule has 1 amide bonds. The summed E-state index contributed by atoms with van der Waals surface area (Å²) in [5.74, 6) is 1.63. The number of carbonyl (C=O) groups is 1. The van der Waals surface area contributed by atoms with Crippen LogP contribution in [0.4, 0.5) is 0 Å². The van der Waals surface area contributed by atoms with Crippen LogP contribution in [0.1, 0.15) is 35.7 Å². The van der Waals surface area contributed by atoms with Gasteiger partial charge in [0.05, 0.1) is 18.6 Å². The molecular weight excluding hydrogens is 416 g/mol. The Bertz CT molecular complexity index is 997. The minimum Gasteiger partial charge on any atom is -0.497 e. The third-order valence-electron chi connectivity index (χ3n) is 5.55. The molecule has 1 fully saturated rings. The zero-order valence-corrected chi connectivity index (χ0v) is 19.1. The molecule has 2 aromatic carbocycles. The van der Waals surface area contributed by atoms with E-state index in [0.29, 0.717) is 43.5 Å². The Labute approximate surface area is 184 Å². The Morgan fingerprint density at radius 3 is 2.39 bits per heavy atom. The maximum absolute atomic E-state index is 13.0. The van der Waals surface area contributed by atoms with Gasteiger partial charge in [0.25, 0.3) is 5.91 Å². The van der Waals surface area contributed by atoms with Crippen LogP contribution in [0, 0.1) is 12.8 Å². The third-order valence-corrected chi connectivity index (χ3v) is 7.44. The van der Waals surface area contributed by atoms with E-state index in [1.54, 1.807) is 50.4 Å². The van der Waals surface area contributed by atoms with E-state index in [-0.39, 0.29) is 10.8 Å². The normalized spacial score (nSPS) is 15.5. The van der Waals surface area contributed by atoms with Crippen molar-refractivity contribution in [1.82, 2.24) is 9.62 Å². The van der Waals surface area contributed by atoms with Crippen LogP contribution in [0.2, 0.25) is 0 Å². The van der Waals surface area contributed by atoms with E-state index in [9.17, 15) is 13.2 Å². The first kappa shape index (κ1) is 23.1. The first-order valence-corrected chi connectivity index (χ1v) is 11.9. The van der Waals surface area contributed by atoms with E-state index in [4.69, 9.17) is 9.47 Å². The van der Waals surface area contributed by atoms with Crippen molar-refractivity contribution < 1.29 is 22.7 Å². The number of nitrogens with zero attached hydrogens (tertiary/aromatic N) is 1. The van der Waals surface area contributed by atoms with Crippen molar-refractivity contribution in [1.29, 1.82) is 0 Å². The molecule has 0 unspecified atom stereocenters. The van der Waals surface area contributed by atoms with E-state index in [1.807, 2.05) is 0 Å². The van der Waals surface area contributed by atoms with Gasteiger partial charge in [0, 0.05) is 18.7 Å². The molecule has 7 nitrogen and oxygen atoms in total. The molecule has 0 saturated carbocycles. The van der Waals surface area contributed by atoms with Gasteiger partial charge in [-0.3, -0.25) is 4.79 Å². The standard InChI is InChI=1S/C23H30N2O5S/c1-17-10-13-25(14-11-17)31(27,28)21-9-4-18(2)22(16-21)23(26)24-12-15-30-20-7-5-19(29-3)6-8-20/h4-9,16-17H,10-15H2,1-3H3,(H,24,26). The molecule has 8 heteroatoms. The van der Waals surface area contributed by atoms with Crippen molar-refractivity contribution in [2.24, 2.45) is 5.92 Å². The Morgan fingerprint density at radius 2 is 1.74 bits per heavy atom. The van der Waals surface area contributed by atoms with Crippen LogP contribution in [-0.2, 0) is 10.0 Å². The highest BCUT2D eigenvalue weighted by atomic mass is 32.2. The van der Waals surface area contributed by atoms with Gasteiger partial charge in [0.2, 0.25) is 10.0 Å². The summed E-state index contributed by atoms with van der Waals surface area (Å²) in [5, 5.41) is 2.80. The molecule has 0 bridgehead atoms. The summed E-state index contributed by atoms with van der Waals surface area (Å²) in [5.41, 5.74) is 1.08. The lowest BCUT2D eigenvalue weighted by atomic mass is 10.0. The Kier molecular flexibility index (Phi) is 7.56. The number of amides is 1. The van der Waals surface area contributed by atoms with E-state index >= 15 is 0 Å². The summed E-state index contributed by atoms with van der Waals surface area (Å²) in [6.07, 6.45) is 1.71. The Balaban J connectivity index is 1.60. The highest BCUT2D eigenvalue weighted by Crippen LogP contribution is 2.25. The lowest BCUT2D eigenvalue weighted by molar-refractivity contribution is 0.0946. The quantitative estimate of drug-likeness (QED) is 0.630. The summed E-state index contributed by atoms with van der Waals surface area (Å²) in [6.45, 7) is 5.55. The van der Waals surface area contributed by atoms with E-state index in [2.05, 4.69) is 12.2 Å². The lowest BCUT2D eigenvalue weighted by Crippen LogP contribution is -2.38. The number of benzene rings is 2. The number of aryl methyl sites for hydroxylation is 1. The van der Waals surface area contributed by atoms with Gasteiger partial charge in [-0.1, -0.05) is 13.0 Å². The molecule has 1 heterocycles. The zero-order valence-electron chi connectivity index (χ0n) is 18.3. The van der Waals surface area contributed by atoms with Gasteiger partial charge in [0.15, 0.2) is 0 Å². The van der Waals surface area contributed by atoms with Crippen LogP contribution in [0.25, 0.3) is 0 Å². The average Bonchev–Trinajstić information content (AvgIpc) is 2.77. The number of sulfonamides is 1. The molecule has 0 atom stereocenters. The van der Waals surface area contributed by atoms with Crippen LogP contribution in [0.5, 0.6) is 11.5 Å². The number of nitrogens with one attached hydrogen (secondary N) is 1. The van der Waals surface area contributed by atoms with Crippen LogP contribution in [0.15, 0.2) is 47.4 Å². The number of hydrogen-bond acceptors (Lipinski definition) is 5. The maximum Gasteiger partial charge on any atom is 0.251 e. The number of carbonyl (C=O) groups excluding carboxylic acids is 1. The molecule has 0 spiro atoms. The van der Waals surface area contributed by atoms with Crippen LogP contribution < -0.4 is 14.8 Å². The molecule has 1 aliphatic rings. The zero-order chi connectivity index (χ0) is 22.4. The first-order chi connectivity index (χ1) is 14.8. The van der Waals surface area contributed by atoms with Gasteiger partial charge in [-0.25, -0.2) is 8.42 Å². The number of rotatable bonds is 8. The smallest absolute Gasteiger partial charge is 0.251 e. The summed E-state index contributed by atoms with van der Waals surface area (Å²) in [4.78, 5) is 12.8. The fourth-order valence-electron chi connectivity index (χ4n) is 3.48. The summed E-state index contributed by atoms with van der Waals surface area (Å²) in [7, 11) is -2.01. The second kappa shape index (κ2) is 10.2. The van der Waals surface area contributed by atoms with Crippen LogP contribution in [0.3, 0.4) is 0 Å². The second-order valence-corrected chi connectivity index (χ2v) is 9.78. The molecule has 0 aromatic heterocycles. The van der Waals surface area contributed by atoms with Crippen molar-refractivity contribution in [2.45, 2.75) is 31.6 Å². The predicted molar refractivity (Wildman–Crippen MR) is 119 cm³/mol. The average molecular weight is 447 g/mol. The van der Waals surface area contributed by atoms with Crippen LogP contribution >= 0.6 is 0 Å². The second-order valence-electron chi connectivity index (χ2n) is 7.84. The molecule has 2 aromatic rings. The van der Waals surface area contributed by atoms with E-state index in [1.165, 1.54) is 10.4 Å². The largest absolute Gasteiger partial charge is 0.497 e. The number of methoxy groups -OCH3 is 1. The molecular formula is C23H30N2O5S. The summed E-state index contributed by atoms with van der Waals surface area (Å²) >= 11 is 0. The third kappa shape index (κ3) is 5.77. The number of ether oxygens (including phenoxy) is 2. The van der Waals surface area contributed by atoms with E-state index < -0.39 is 10.0 Å². The highest BCUT2D eigenvalue weighted by Gasteiger charge is 2.28. The molecule has 168 valence electrons. The lowest BCUT2D eigenvalue weighted by Gasteiger charge is -2.29.